The summed E-state index contributed by atoms with van der Waals surface area (Å²) in [6.45, 7) is 0.228. The molecule has 0 aliphatic heterocycles. The molecule has 1 fully saturated rings. The Hall–Kier alpha value is -1.20. The van der Waals surface area contributed by atoms with Crippen molar-refractivity contribution in [1.82, 2.24) is 0 Å². The maximum absolute atomic E-state index is 13.9. The molecule has 0 aromatic heterocycles. The lowest BCUT2D eigenvalue weighted by molar-refractivity contribution is 0.300. The van der Waals surface area contributed by atoms with Crippen LogP contribution in [0.4, 0.5) is 14.5 Å². The van der Waals surface area contributed by atoms with Crippen molar-refractivity contribution in [2.75, 3.05) is 18.1 Å². The van der Waals surface area contributed by atoms with Gasteiger partial charge in [-0.15, -0.1) is 0 Å². The highest BCUT2D eigenvalue weighted by atomic mass is 19.2. The topological polar surface area (TPSA) is 49.5 Å². The van der Waals surface area contributed by atoms with Crippen LogP contribution in [0.15, 0.2) is 12.1 Å². The number of nitrogens with two attached hydrogens (primary N) is 1. The van der Waals surface area contributed by atoms with Crippen LogP contribution in [-0.4, -0.2) is 24.3 Å². The highest BCUT2D eigenvalue weighted by Gasteiger charge is 2.31. The Bertz CT molecular complexity index is 408. The number of aliphatic hydroxyl groups excluding tert-OH is 1. The van der Waals surface area contributed by atoms with E-state index in [9.17, 15) is 8.78 Å². The second-order valence-corrected chi connectivity index (χ2v) is 4.22. The van der Waals surface area contributed by atoms with E-state index in [0.717, 1.165) is 12.8 Å². The van der Waals surface area contributed by atoms with Gasteiger partial charge in [0.05, 0.1) is 12.3 Å². The normalized spacial score (nSPS) is 15.1. The zero-order valence-corrected chi connectivity index (χ0v) is 9.50. The summed E-state index contributed by atoms with van der Waals surface area (Å²) in [5, 5.41) is 8.96. The summed E-state index contributed by atoms with van der Waals surface area (Å²) >= 11 is 0. The van der Waals surface area contributed by atoms with Crippen molar-refractivity contribution >= 4 is 5.69 Å². The van der Waals surface area contributed by atoms with Crippen molar-refractivity contribution in [2.24, 2.45) is 5.73 Å². The van der Waals surface area contributed by atoms with Crippen molar-refractivity contribution in [3.05, 3.63) is 29.3 Å². The smallest absolute Gasteiger partial charge is 0.182 e. The van der Waals surface area contributed by atoms with Gasteiger partial charge in [-0.25, -0.2) is 8.78 Å². The van der Waals surface area contributed by atoms with Crippen LogP contribution in [0.5, 0.6) is 0 Å². The molecule has 17 heavy (non-hydrogen) atoms. The minimum atomic E-state index is -0.881. The molecule has 0 heterocycles. The molecule has 0 atom stereocenters. The van der Waals surface area contributed by atoms with Gasteiger partial charge in [0.25, 0.3) is 0 Å². The summed E-state index contributed by atoms with van der Waals surface area (Å²) in [4.78, 5) is 1.72. The van der Waals surface area contributed by atoms with E-state index in [1.54, 1.807) is 4.90 Å². The molecule has 1 saturated carbocycles. The molecule has 1 aliphatic rings. The monoisotopic (exact) mass is 242 g/mol. The SMILES string of the molecule is NCc1ccc(N(CCO)C2CC2)c(F)c1F. The van der Waals surface area contributed by atoms with Crippen molar-refractivity contribution in [1.29, 1.82) is 0 Å². The Balaban J connectivity index is 2.33. The molecule has 0 amide bonds. The van der Waals surface area contributed by atoms with Gasteiger partial charge in [-0.05, 0) is 18.9 Å². The third kappa shape index (κ3) is 2.40. The minimum Gasteiger partial charge on any atom is -0.395 e. The van der Waals surface area contributed by atoms with Gasteiger partial charge >= 0.3 is 0 Å². The van der Waals surface area contributed by atoms with E-state index < -0.39 is 11.6 Å². The largest absolute Gasteiger partial charge is 0.395 e. The first kappa shape index (κ1) is 12.3. The molecule has 1 aromatic rings. The Morgan fingerprint density at radius 1 is 1.29 bits per heavy atom. The van der Waals surface area contributed by atoms with E-state index in [4.69, 9.17) is 10.8 Å². The van der Waals surface area contributed by atoms with E-state index in [0.29, 0.717) is 6.54 Å². The molecule has 3 nitrogen and oxygen atoms in total. The summed E-state index contributed by atoms with van der Waals surface area (Å²) in [7, 11) is 0. The lowest BCUT2D eigenvalue weighted by Gasteiger charge is -2.24. The zero-order valence-electron chi connectivity index (χ0n) is 9.50. The van der Waals surface area contributed by atoms with E-state index in [1.807, 2.05) is 0 Å². The molecular formula is C12H16F2N2O. The van der Waals surface area contributed by atoms with Gasteiger partial charge in [-0.2, -0.15) is 0 Å². The summed E-state index contributed by atoms with van der Waals surface area (Å²) in [5.74, 6) is -1.75. The molecule has 0 unspecified atom stereocenters. The molecule has 0 radical (unpaired) electrons. The Morgan fingerprint density at radius 2 is 2.00 bits per heavy atom. The molecule has 0 saturated heterocycles. The van der Waals surface area contributed by atoms with Gasteiger partial charge in [0.2, 0.25) is 0 Å². The number of anilines is 1. The predicted molar refractivity (Wildman–Crippen MR) is 61.7 cm³/mol. The number of benzene rings is 1. The highest BCUT2D eigenvalue weighted by molar-refractivity contribution is 5.51. The summed E-state index contributed by atoms with van der Waals surface area (Å²) in [6, 6.07) is 3.26. The Morgan fingerprint density at radius 3 is 2.53 bits per heavy atom. The standard InChI is InChI=1S/C12H16F2N2O/c13-11-8(7-15)1-4-10(12(11)14)16(5-6-17)9-2-3-9/h1,4,9,17H,2-3,5-7,15H2. The van der Waals surface area contributed by atoms with Crippen molar-refractivity contribution in [2.45, 2.75) is 25.4 Å². The first-order valence-electron chi connectivity index (χ1n) is 5.73. The molecule has 94 valence electrons. The zero-order chi connectivity index (χ0) is 12.4. The number of hydrogen-bond donors (Lipinski definition) is 2. The number of aliphatic hydroxyl groups is 1. The lowest BCUT2D eigenvalue weighted by Crippen LogP contribution is -2.30. The minimum absolute atomic E-state index is 0.0214. The van der Waals surface area contributed by atoms with Crippen molar-refractivity contribution in [3.63, 3.8) is 0 Å². The van der Waals surface area contributed by atoms with Gasteiger partial charge < -0.3 is 15.7 Å². The first-order chi connectivity index (χ1) is 8.19. The van der Waals surface area contributed by atoms with Gasteiger partial charge in [0.1, 0.15) is 0 Å². The maximum Gasteiger partial charge on any atom is 0.182 e. The maximum atomic E-state index is 13.9. The summed E-state index contributed by atoms with van der Waals surface area (Å²) < 4.78 is 27.5. The van der Waals surface area contributed by atoms with Crippen LogP contribution in [0.25, 0.3) is 0 Å². The quantitative estimate of drug-likeness (QED) is 0.820. The molecule has 1 aromatic carbocycles. The molecule has 1 aliphatic carbocycles. The van der Waals surface area contributed by atoms with Crippen LogP contribution in [-0.2, 0) is 6.54 Å². The van der Waals surface area contributed by atoms with Gasteiger partial charge in [-0.3, -0.25) is 0 Å². The van der Waals surface area contributed by atoms with Crippen LogP contribution in [0, 0.1) is 11.6 Å². The third-order valence-corrected chi connectivity index (χ3v) is 3.00. The first-order valence-corrected chi connectivity index (χ1v) is 5.73. The number of rotatable bonds is 5. The van der Waals surface area contributed by atoms with E-state index in [2.05, 4.69) is 0 Å². The van der Waals surface area contributed by atoms with Crippen LogP contribution >= 0.6 is 0 Å². The second-order valence-electron chi connectivity index (χ2n) is 4.22. The molecular weight excluding hydrogens is 226 g/mol. The van der Waals surface area contributed by atoms with Crippen LogP contribution in [0.1, 0.15) is 18.4 Å². The van der Waals surface area contributed by atoms with E-state index in [-0.39, 0.29) is 30.4 Å². The number of halogens is 2. The van der Waals surface area contributed by atoms with Gasteiger partial charge in [-0.1, -0.05) is 6.07 Å². The molecule has 0 bridgehead atoms. The Kier molecular flexibility index (Phi) is 3.59. The molecule has 2 rings (SSSR count). The van der Waals surface area contributed by atoms with Crippen molar-refractivity contribution < 1.29 is 13.9 Å². The van der Waals surface area contributed by atoms with E-state index >= 15 is 0 Å². The van der Waals surface area contributed by atoms with Crippen LogP contribution in [0.3, 0.4) is 0 Å². The predicted octanol–water partition coefficient (Wildman–Crippen LogP) is 1.38. The lowest BCUT2D eigenvalue weighted by atomic mass is 10.1. The average molecular weight is 242 g/mol. The molecule has 5 heteroatoms. The average Bonchev–Trinajstić information content (AvgIpc) is 3.14. The summed E-state index contributed by atoms with van der Waals surface area (Å²) in [5.41, 5.74) is 5.71. The number of hydrogen-bond acceptors (Lipinski definition) is 3. The van der Waals surface area contributed by atoms with Crippen LogP contribution < -0.4 is 10.6 Å². The fourth-order valence-corrected chi connectivity index (χ4v) is 1.95. The third-order valence-electron chi connectivity index (χ3n) is 3.00. The van der Waals surface area contributed by atoms with Crippen LogP contribution in [0.2, 0.25) is 0 Å². The van der Waals surface area contributed by atoms with Crippen molar-refractivity contribution in [3.8, 4) is 0 Å². The fraction of sp³-hybridized carbons (Fsp3) is 0.500. The highest BCUT2D eigenvalue weighted by Crippen LogP contribution is 2.34. The van der Waals surface area contributed by atoms with Gasteiger partial charge in [0, 0.05) is 24.7 Å². The van der Waals surface area contributed by atoms with Gasteiger partial charge in [0.15, 0.2) is 11.6 Å². The number of nitrogens with zero attached hydrogens (tertiary/aromatic N) is 1. The fourth-order valence-electron chi connectivity index (χ4n) is 1.95. The second kappa shape index (κ2) is 4.98. The molecule has 0 spiro atoms. The Labute approximate surface area is 98.8 Å². The molecule has 3 N–H and O–H groups in total. The van der Waals surface area contributed by atoms with E-state index in [1.165, 1.54) is 12.1 Å². The summed E-state index contributed by atoms with van der Waals surface area (Å²) in [6.07, 6.45) is 1.92.